The molecule has 11 nitrogen and oxygen atoms in total. The monoisotopic (exact) mass is 429 g/mol. The number of nitrogen functional groups attached to an aromatic ring is 1. The van der Waals surface area contributed by atoms with Gasteiger partial charge in [0.25, 0.3) is 0 Å². The molecule has 0 amide bonds. The minimum atomic E-state index is -5.08. The summed E-state index contributed by atoms with van der Waals surface area (Å²) in [5, 5.41) is 19.4. The van der Waals surface area contributed by atoms with Crippen molar-refractivity contribution in [3.63, 3.8) is 0 Å². The van der Waals surface area contributed by atoms with Crippen LogP contribution in [-0.4, -0.2) is 41.9 Å². The van der Waals surface area contributed by atoms with Gasteiger partial charge in [-0.15, -0.1) is 0 Å². The van der Waals surface area contributed by atoms with Gasteiger partial charge in [-0.3, -0.25) is 0 Å². The largest absolute Gasteiger partial charge is 0.490 e. The molecule has 15 heteroatoms. The molecule has 0 saturated heterocycles. The fourth-order valence-electron chi connectivity index (χ4n) is 1.79. The molecular formula is C13H14F3N3O8S. The molecule has 0 aliphatic carbocycles. The lowest BCUT2D eigenvalue weighted by Gasteiger charge is -2.03. The number of aryl methyl sites for hydroxylation is 2. The molecule has 0 aliphatic heterocycles. The van der Waals surface area contributed by atoms with Crippen molar-refractivity contribution in [1.82, 2.24) is 9.88 Å². The fraction of sp³-hybridized carbons (Fsp3) is 0.308. The Balaban J connectivity index is 0.000000480. The number of aliphatic carboxylic acids is 1. The summed E-state index contributed by atoms with van der Waals surface area (Å²) >= 11 is 0. The van der Waals surface area contributed by atoms with Crippen molar-refractivity contribution in [2.24, 2.45) is 0 Å². The summed E-state index contributed by atoms with van der Waals surface area (Å²) in [6, 6.07) is 1.25. The summed E-state index contributed by atoms with van der Waals surface area (Å²) in [7, 11) is -3.94. The van der Waals surface area contributed by atoms with E-state index in [1.54, 1.807) is 0 Å². The van der Waals surface area contributed by atoms with Crippen molar-refractivity contribution < 1.29 is 50.3 Å². The topological polar surface area (TPSA) is 186 Å². The molecule has 2 aromatic rings. The normalized spacial score (nSPS) is 11.6. The van der Waals surface area contributed by atoms with E-state index in [1.807, 2.05) is 0 Å². The van der Waals surface area contributed by atoms with Gasteiger partial charge in [0.15, 0.2) is 16.5 Å². The number of aromatic nitrogens is 1. The molecule has 28 heavy (non-hydrogen) atoms. The summed E-state index contributed by atoms with van der Waals surface area (Å²) < 4.78 is 68.0. The second kappa shape index (κ2) is 8.30. The van der Waals surface area contributed by atoms with E-state index < -0.39 is 28.1 Å². The zero-order valence-electron chi connectivity index (χ0n) is 14.2. The van der Waals surface area contributed by atoms with Gasteiger partial charge < -0.3 is 24.9 Å². The number of sulfonamides is 1. The Bertz CT molecular complexity index is 958. The molecular weight excluding hydrogens is 415 g/mol. The van der Waals surface area contributed by atoms with E-state index in [0.29, 0.717) is 0 Å². The second-order valence-electron chi connectivity index (χ2n) is 5.07. The van der Waals surface area contributed by atoms with Gasteiger partial charge in [-0.05, 0) is 19.9 Å². The first-order valence-electron chi connectivity index (χ1n) is 7.01. The maximum absolute atomic E-state index is 12.1. The quantitative estimate of drug-likeness (QED) is 0.539. The molecule has 156 valence electrons. The molecule has 5 N–H and O–H groups in total. The first-order valence-corrected chi connectivity index (χ1v) is 8.49. The zero-order chi connectivity index (χ0) is 21.9. The van der Waals surface area contributed by atoms with Gasteiger partial charge in [0, 0.05) is 0 Å². The number of hydrogen-bond donors (Lipinski definition) is 4. The maximum atomic E-state index is 12.1. The zero-order valence-corrected chi connectivity index (χ0v) is 15.0. The van der Waals surface area contributed by atoms with Crippen molar-refractivity contribution >= 4 is 27.8 Å². The third kappa shape index (κ3) is 5.71. The van der Waals surface area contributed by atoms with Crippen LogP contribution in [0.15, 0.2) is 19.9 Å². The number of furan rings is 1. The van der Waals surface area contributed by atoms with Crippen LogP contribution in [0.4, 0.5) is 19.0 Å². The molecule has 0 fully saturated rings. The second-order valence-corrected chi connectivity index (χ2v) is 6.77. The molecule has 0 unspecified atom stereocenters. The Morgan fingerprint density at radius 1 is 1.25 bits per heavy atom. The lowest BCUT2D eigenvalue weighted by Crippen LogP contribution is -2.24. The van der Waals surface area contributed by atoms with E-state index in [9.17, 15) is 26.4 Å². The Kier molecular flexibility index (Phi) is 6.81. The summed E-state index contributed by atoms with van der Waals surface area (Å²) in [5.74, 6) is -3.74. The van der Waals surface area contributed by atoms with Gasteiger partial charge >= 0.3 is 18.1 Å². The van der Waals surface area contributed by atoms with Crippen LogP contribution >= 0.6 is 0 Å². The van der Waals surface area contributed by atoms with Gasteiger partial charge in [0.1, 0.15) is 17.1 Å². The number of nitrogens with one attached hydrogen (secondary N) is 1. The van der Waals surface area contributed by atoms with Crippen molar-refractivity contribution in [2.75, 3.05) is 5.73 Å². The fourth-order valence-corrected chi connectivity index (χ4v) is 2.99. The Labute approximate surface area is 155 Å². The highest BCUT2D eigenvalue weighted by Crippen LogP contribution is 2.22. The van der Waals surface area contributed by atoms with E-state index in [1.165, 1.54) is 19.9 Å². The molecule has 0 spiro atoms. The van der Waals surface area contributed by atoms with Crippen LogP contribution in [0.1, 0.15) is 27.6 Å². The Morgan fingerprint density at radius 2 is 1.79 bits per heavy atom. The Hall–Kier alpha value is -3.07. The Morgan fingerprint density at radius 3 is 2.14 bits per heavy atom. The lowest BCUT2D eigenvalue weighted by molar-refractivity contribution is -0.192. The van der Waals surface area contributed by atoms with E-state index in [4.69, 9.17) is 29.7 Å². The molecule has 0 aliphatic rings. The molecule has 0 bridgehead atoms. The van der Waals surface area contributed by atoms with Crippen LogP contribution in [0.2, 0.25) is 0 Å². The standard InChI is InChI=1S/C11H13N3O6S.C2HF3O2/c1-5-8(11(15)16)3-7(19-5)4-13-21(17,18)9-6(2)20-14-10(9)12;3-2(4,5)1(6)7/h3,13H,4H2,1-2H3,(H2,12,14)(H,15,16);(H,6,7). The molecule has 2 aromatic heterocycles. The molecule has 2 heterocycles. The molecule has 2 rings (SSSR count). The molecule has 0 atom stereocenters. The minimum Gasteiger partial charge on any atom is -0.478 e. The minimum absolute atomic E-state index is 0.0233. The number of rotatable bonds is 5. The van der Waals surface area contributed by atoms with Crippen LogP contribution < -0.4 is 10.5 Å². The highest BCUT2D eigenvalue weighted by molar-refractivity contribution is 7.89. The number of carbonyl (C=O) groups is 2. The summed E-state index contributed by atoms with van der Waals surface area (Å²) in [4.78, 5) is 19.5. The third-order valence-corrected chi connectivity index (χ3v) is 4.54. The third-order valence-electron chi connectivity index (χ3n) is 2.98. The number of nitrogens with zero attached hydrogens (tertiary/aromatic N) is 1. The van der Waals surface area contributed by atoms with Crippen molar-refractivity contribution in [2.45, 2.75) is 31.5 Å². The SMILES string of the molecule is Cc1oc(CNS(=O)(=O)c2c(N)noc2C)cc1C(=O)O.O=C(O)C(F)(F)F. The number of hydrogen-bond acceptors (Lipinski definition) is 8. The number of aromatic carboxylic acids is 1. The van der Waals surface area contributed by atoms with Gasteiger partial charge in [0.05, 0.1) is 6.54 Å². The summed E-state index contributed by atoms with van der Waals surface area (Å²) in [5.41, 5.74) is 5.42. The average molecular weight is 429 g/mol. The van der Waals surface area contributed by atoms with Gasteiger partial charge in [0.2, 0.25) is 10.0 Å². The van der Waals surface area contributed by atoms with Crippen LogP contribution in [-0.2, 0) is 21.4 Å². The van der Waals surface area contributed by atoms with E-state index in [2.05, 4.69) is 9.88 Å². The number of alkyl halides is 3. The molecule has 0 radical (unpaired) electrons. The van der Waals surface area contributed by atoms with Crippen molar-refractivity contribution in [3.8, 4) is 0 Å². The highest BCUT2D eigenvalue weighted by atomic mass is 32.2. The average Bonchev–Trinajstić information content (AvgIpc) is 3.08. The summed E-state index contributed by atoms with van der Waals surface area (Å²) in [6.07, 6.45) is -5.08. The number of carboxylic acid groups (broad SMARTS) is 2. The number of anilines is 1. The van der Waals surface area contributed by atoms with Gasteiger partial charge in [-0.25, -0.2) is 22.7 Å². The predicted octanol–water partition coefficient (Wildman–Crippen LogP) is 1.28. The van der Waals surface area contributed by atoms with E-state index in [0.717, 1.165) is 0 Å². The number of carboxylic acids is 2. The maximum Gasteiger partial charge on any atom is 0.490 e. The molecule has 0 aromatic carbocycles. The van der Waals surface area contributed by atoms with E-state index >= 15 is 0 Å². The first kappa shape index (κ1) is 23.0. The van der Waals surface area contributed by atoms with E-state index in [-0.39, 0.29) is 40.1 Å². The van der Waals surface area contributed by atoms with Gasteiger partial charge in [-0.1, -0.05) is 5.16 Å². The smallest absolute Gasteiger partial charge is 0.478 e. The highest BCUT2D eigenvalue weighted by Gasteiger charge is 2.38. The lowest BCUT2D eigenvalue weighted by atomic mass is 10.2. The predicted molar refractivity (Wildman–Crippen MR) is 83.8 cm³/mol. The van der Waals surface area contributed by atoms with Crippen LogP contribution in [0.5, 0.6) is 0 Å². The van der Waals surface area contributed by atoms with Gasteiger partial charge in [-0.2, -0.15) is 13.2 Å². The number of halogens is 3. The van der Waals surface area contributed by atoms with Crippen molar-refractivity contribution in [1.29, 1.82) is 0 Å². The number of nitrogens with two attached hydrogens (primary N) is 1. The van der Waals surface area contributed by atoms with Crippen LogP contribution in [0.25, 0.3) is 0 Å². The first-order chi connectivity index (χ1) is 12.7. The van der Waals surface area contributed by atoms with Crippen LogP contribution in [0.3, 0.4) is 0 Å². The summed E-state index contributed by atoms with van der Waals surface area (Å²) in [6.45, 7) is 2.67. The van der Waals surface area contributed by atoms with Crippen LogP contribution in [0, 0.1) is 13.8 Å². The molecule has 0 saturated carbocycles. The van der Waals surface area contributed by atoms with Crippen molar-refractivity contribution in [3.05, 3.63) is 28.9 Å².